The number of hydrogen-bond donors (Lipinski definition) is 0. The molecule has 0 aromatic rings. The minimum atomic E-state index is 0.512. The molecule has 0 amide bonds. The van der Waals surface area contributed by atoms with Gasteiger partial charge in [0.05, 0.1) is 0 Å². The molecule has 1 atom stereocenters. The highest BCUT2D eigenvalue weighted by Gasteiger charge is 2.21. The molecule has 0 heteroatoms. The van der Waals surface area contributed by atoms with Gasteiger partial charge in [0.25, 0.3) is 0 Å². The Bertz CT molecular complexity index is 129. The lowest BCUT2D eigenvalue weighted by molar-refractivity contribution is 0.213. The van der Waals surface area contributed by atoms with Crippen LogP contribution in [0.2, 0.25) is 0 Å². The Balaban J connectivity index is 3.48. The molecule has 0 N–H and O–H groups in total. The highest BCUT2D eigenvalue weighted by molar-refractivity contribution is 4.72. The largest absolute Gasteiger partial charge is 0.0654 e. The third kappa shape index (κ3) is 7.88. The van der Waals surface area contributed by atoms with E-state index < -0.39 is 0 Å². The second-order valence-electron chi connectivity index (χ2n) is 6.03. The summed E-state index contributed by atoms with van der Waals surface area (Å²) in [4.78, 5) is 0. The van der Waals surface area contributed by atoms with Crippen LogP contribution in [0.4, 0.5) is 0 Å². The minimum absolute atomic E-state index is 0.512. The predicted octanol–water partition coefficient (Wildman–Crippen LogP) is 5.81. The molecule has 0 saturated heterocycles. The van der Waals surface area contributed by atoms with Crippen molar-refractivity contribution < 1.29 is 0 Å². The van der Waals surface area contributed by atoms with E-state index in [2.05, 4.69) is 34.6 Å². The average Bonchev–Trinajstić information content (AvgIpc) is 2.15. The Morgan fingerprint density at radius 3 is 1.80 bits per heavy atom. The van der Waals surface area contributed by atoms with Crippen molar-refractivity contribution in [1.29, 1.82) is 0 Å². The first kappa shape index (κ1) is 15.0. The van der Waals surface area contributed by atoms with Gasteiger partial charge in [0.1, 0.15) is 0 Å². The van der Waals surface area contributed by atoms with E-state index in [0.29, 0.717) is 5.41 Å². The van der Waals surface area contributed by atoms with Crippen LogP contribution in [0.25, 0.3) is 0 Å². The third-order valence-corrected chi connectivity index (χ3v) is 3.62. The molecule has 0 aliphatic heterocycles. The zero-order valence-electron chi connectivity index (χ0n) is 11.7. The van der Waals surface area contributed by atoms with Crippen molar-refractivity contribution in [3.8, 4) is 0 Å². The molecule has 0 aliphatic rings. The van der Waals surface area contributed by atoms with Gasteiger partial charge in [0.15, 0.2) is 0 Å². The fourth-order valence-electron chi connectivity index (χ4n) is 2.42. The highest BCUT2D eigenvalue weighted by Crippen LogP contribution is 2.32. The van der Waals surface area contributed by atoms with Crippen molar-refractivity contribution in [2.24, 2.45) is 11.3 Å². The Labute approximate surface area is 97.8 Å². The van der Waals surface area contributed by atoms with E-state index in [1.54, 1.807) is 0 Å². The predicted molar refractivity (Wildman–Crippen MR) is 71.2 cm³/mol. The van der Waals surface area contributed by atoms with Crippen molar-refractivity contribution in [3.05, 3.63) is 0 Å². The van der Waals surface area contributed by atoms with Crippen LogP contribution in [0.15, 0.2) is 0 Å². The topological polar surface area (TPSA) is 0 Å². The monoisotopic (exact) mass is 212 g/mol. The van der Waals surface area contributed by atoms with Crippen LogP contribution in [0.1, 0.15) is 86.0 Å². The smallest absolute Gasteiger partial charge is 0.0354 e. The number of unbranched alkanes of at least 4 members (excludes halogenated alkanes) is 5. The highest BCUT2D eigenvalue weighted by atomic mass is 14.3. The minimum Gasteiger partial charge on any atom is -0.0654 e. The maximum atomic E-state index is 2.39. The molecular formula is C15H32. The summed E-state index contributed by atoms with van der Waals surface area (Å²) in [5.41, 5.74) is 0.512. The van der Waals surface area contributed by atoms with Crippen LogP contribution >= 0.6 is 0 Å². The normalized spacial score (nSPS) is 14.2. The lowest BCUT2D eigenvalue weighted by atomic mass is 9.76. The molecule has 0 spiro atoms. The van der Waals surface area contributed by atoms with Crippen LogP contribution in [0.5, 0.6) is 0 Å². The lowest BCUT2D eigenvalue weighted by Crippen LogP contribution is -2.19. The van der Waals surface area contributed by atoms with E-state index in [-0.39, 0.29) is 0 Å². The van der Waals surface area contributed by atoms with Crippen LogP contribution in [0.3, 0.4) is 0 Å². The molecule has 0 fully saturated rings. The average molecular weight is 212 g/mol. The van der Waals surface area contributed by atoms with Gasteiger partial charge in [-0.25, -0.2) is 0 Å². The summed E-state index contributed by atoms with van der Waals surface area (Å²) in [6.07, 6.45) is 11.4. The van der Waals surface area contributed by atoms with Gasteiger partial charge in [-0.3, -0.25) is 0 Å². The van der Waals surface area contributed by atoms with E-state index in [4.69, 9.17) is 0 Å². The Kier molecular flexibility index (Phi) is 8.19. The molecule has 0 nitrogen and oxygen atoms in total. The Morgan fingerprint density at radius 2 is 1.33 bits per heavy atom. The molecule has 0 aliphatic carbocycles. The zero-order valence-corrected chi connectivity index (χ0v) is 11.7. The summed E-state index contributed by atoms with van der Waals surface area (Å²) in [5.74, 6) is 0.920. The molecule has 0 aromatic heterocycles. The number of rotatable bonds is 8. The van der Waals surface area contributed by atoms with Crippen molar-refractivity contribution in [2.45, 2.75) is 86.0 Å². The molecule has 0 aromatic carbocycles. The molecule has 0 bridgehead atoms. The lowest BCUT2D eigenvalue weighted by Gasteiger charge is -2.29. The van der Waals surface area contributed by atoms with Crippen molar-refractivity contribution >= 4 is 0 Å². The molecule has 0 heterocycles. The Hall–Kier alpha value is 0. The summed E-state index contributed by atoms with van der Waals surface area (Å²) in [6, 6.07) is 0. The maximum Gasteiger partial charge on any atom is -0.0354 e. The van der Waals surface area contributed by atoms with Gasteiger partial charge >= 0.3 is 0 Å². The summed E-state index contributed by atoms with van der Waals surface area (Å²) >= 11 is 0. The quantitative estimate of drug-likeness (QED) is 0.445. The molecule has 0 saturated carbocycles. The fraction of sp³-hybridized carbons (Fsp3) is 1.00. The van der Waals surface area contributed by atoms with Crippen LogP contribution in [-0.2, 0) is 0 Å². The van der Waals surface area contributed by atoms with Gasteiger partial charge in [-0.15, -0.1) is 0 Å². The van der Waals surface area contributed by atoms with Gasteiger partial charge in [-0.05, 0) is 17.8 Å². The number of hydrogen-bond acceptors (Lipinski definition) is 0. The molecule has 92 valence electrons. The van der Waals surface area contributed by atoms with E-state index in [9.17, 15) is 0 Å². The van der Waals surface area contributed by atoms with Gasteiger partial charge in [-0.2, -0.15) is 0 Å². The summed E-state index contributed by atoms with van der Waals surface area (Å²) in [5, 5.41) is 0. The maximum absolute atomic E-state index is 2.39. The molecule has 15 heavy (non-hydrogen) atoms. The first-order valence-corrected chi connectivity index (χ1v) is 7.02. The van der Waals surface area contributed by atoms with Crippen molar-refractivity contribution in [3.63, 3.8) is 0 Å². The van der Waals surface area contributed by atoms with Crippen LogP contribution < -0.4 is 0 Å². The summed E-state index contributed by atoms with van der Waals surface area (Å²) in [6.45, 7) is 11.8. The fourth-order valence-corrected chi connectivity index (χ4v) is 2.42. The van der Waals surface area contributed by atoms with Crippen LogP contribution in [-0.4, -0.2) is 0 Å². The van der Waals surface area contributed by atoms with Gasteiger partial charge in [0, 0.05) is 0 Å². The molecule has 0 rings (SSSR count). The van der Waals surface area contributed by atoms with Gasteiger partial charge < -0.3 is 0 Å². The standard InChI is InChI=1S/C15H32/c1-6-8-9-10-11-12-13-14(7-2)15(3,4)5/h14H,6-13H2,1-5H3. The van der Waals surface area contributed by atoms with E-state index >= 15 is 0 Å². The first-order chi connectivity index (χ1) is 7.02. The summed E-state index contributed by atoms with van der Waals surface area (Å²) < 4.78 is 0. The van der Waals surface area contributed by atoms with E-state index in [0.717, 1.165) is 5.92 Å². The third-order valence-electron chi connectivity index (χ3n) is 3.62. The van der Waals surface area contributed by atoms with Gasteiger partial charge in [-0.1, -0.05) is 79.6 Å². The summed E-state index contributed by atoms with van der Waals surface area (Å²) in [7, 11) is 0. The zero-order chi connectivity index (χ0) is 11.7. The Morgan fingerprint density at radius 1 is 0.800 bits per heavy atom. The van der Waals surface area contributed by atoms with Crippen LogP contribution in [0, 0.1) is 11.3 Å². The van der Waals surface area contributed by atoms with E-state index in [1.807, 2.05) is 0 Å². The van der Waals surface area contributed by atoms with Crippen molar-refractivity contribution in [1.82, 2.24) is 0 Å². The van der Waals surface area contributed by atoms with E-state index in [1.165, 1.54) is 51.4 Å². The van der Waals surface area contributed by atoms with Crippen molar-refractivity contribution in [2.75, 3.05) is 0 Å². The molecule has 1 unspecified atom stereocenters. The van der Waals surface area contributed by atoms with Gasteiger partial charge in [0.2, 0.25) is 0 Å². The molecule has 0 radical (unpaired) electrons. The molecular weight excluding hydrogens is 180 g/mol. The SMILES string of the molecule is CCCCCCCCC(CC)C(C)(C)C. The second-order valence-corrected chi connectivity index (χ2v) is 6.03. The first-order valence-electron chi connectivity index (χ1n) is 7.02. The second kappa shape index (κ2) is 8.19.